The van der Waals surface area contributed by atoms with E-state index < -0.39 is 0 Å². The van der Waals surface area contributed by atoms with Gasteiger partial charge in [-0.25, -0.2) is 9.97 Å². The molecule has 1 aromatic carbocycles. The second kappa shape index (κ2) is 7.06. The van der Waals surface area contributed by atoms with Crippen LogP contribution in [0, 0.1) is 6.92 Å². The van der Waals surface area contributed by atoms with Gasteiger partial charge in [0.15, 0.2) is 5.16 Å². The summed E-state index contributed by atoms with van der Waals surface area (Å²) in [7, 11) is 0. The molecular weight excluding hydrogens is 396 g/mol. The Kier molecular flexibility index (Phi) is 4.63. The lowest BCUT2D eigenvalue weighted by molar-refractivity contribution is 1.01. The summed E-state index contributed by atoms with van der Waals surface area (Å²) in [6, 6.07) is 14.4. The summed E-state index contributed by atoms with van der Waals surface area (Å²) in [6.45, 7) is 2.08. The maximum atomic E-state index is 4.75. The minimum Gasteiger partial charge on any atom is -0.337 e. The fourth-order valence-corrected chi connectivity index (χ4v) is 3.90. The molecule has 0 radical (unpaired) electrons. The van der Waals surface area contributed by atoms with Crippen molar-refractivity contribution in [3.05, 3.63) is 82.0 Å². The highest BCUT2D eigenvalue weighted by molar-refractivity contribution is 9.10. The van der Waals surface area contributed by atoms with Crippen molar-refractivity contribution in [2.45, 2.75) is 24.3 Å². The largest absolute Gasteiger partial charge is 0.337 e. The van der Waals surface area contributed by atoms with Crippen LogP contribution >= 0.6 is 27.7 Å². The number of aromatic nitrogens is 4. The van der Waals surface area contributed by atoms with Gasteiger partial charge in [0, 0.05) is 34.7 Å². The van der Waals surface area contributed by atoms with Crippen LogP contribution in [-0.2, 0) is 12.2 Å². The van der Waals surface area contributed by atoms with Crippen molar-refractivity contribution in [3.8, 4) is 0 Å². The van der Waals surface area contributed by atoms with Crippen LogP contribution in [0.2, 0.25) is 0 Å². The molecule has 0 bridgehead atoms. The molecule has 0 atom stereocenters. The number of rotatable bonds is 5. The van der Waals surface area contributed by atoms with Gasteiger partial charge in [-0.3, -0.25) is 0 Å². The van der Waals surface area contributed by atoms with E-state index in [9.17, 15) is 0 Å². The SMILES string of the molecule is Cc1[nH]c(SCc2cn3cc(Br)ccc3n2)nc1Cc1ccccc1. The monoisotopic (exact) mass is 412 g/mol. The predicted molar refractivity (Wildman–Crippen MR) is 105 cm³/mol. The van der Waals surface area contributed by atoms with Crippen molar-refractivity contribution < 1.29 is 0 Å². The number of aromatic amines is 1. The molecule has 0 fully saturated rings. The zero-order valence-electron chi connectivity index (χ0n) is 13.7. The van der Waals surface area contributed by atoms with Crippen molar-refractivity contribution in [1.82, 2.24) is 19.4 Å². The third-order valence-corrected chi connectivity index (χ3v) is 5.38. The lowest BCUT2D eigenvalue weighted by atomic mass is 10.1. The van der Waals surface area contributed by atoms with E-state index in [1.165, 1.54) is 5.56 Å². The van der Waals surface area contributed by atoms with Gasteiger partial charge in [-0.1, -0.05) is 42.1 Å². The summed E-state index contributed by atoms with van der Waals surface area (Å²) >= 11 is 5.17. The number of fused-ring (bicyclic) bond motifs is 1. The van der Waals surface area contributed by atoms with Crippen LogP contribution in [0.4, 0.5) is 0 Å². The van der Waals surface area contributed by atoms with Gasteiger partial charge < -0.3 is 9.38 Å². The van der Waals surface area contributed by atoms with E-state index in [4.69, 9.17) is 4.98 Å². The molecule has 0 amide bonds. The van der Waals surface area contributed by atoms with Gasteiger partial charge in [0.1, 0.15) is 5.65 Å². The van der Waals surface area contributed by atoms with Gasteiger partial charge in [-0.15, -0.1) is 0 Å². The first-order chi connectivity index (χ1) is 12.2. The van der Waals surface area contributed by atoms with E-state index in [0.717, 1.165) is 44.5 Å². The molecule has 0 aliphatic rings. The van der Waals surface area contributed by atoms with Crippen LogP contribution < -0.4 is 0 Å². The zero-order valence-corrected chi connectivity index (χ0v) is 16.1. The number of nitrogens with one attached hydrogen (secondary N) is 1. The summed E-state index contributed by atoms with van der Waals surface area (Å²) in [5.74, 6) is 0.789. The quantitative estimate of drug-likeness (QED) is 0.468. The Balaban J connectivity index is 1.46. The summed E-state index contributed by atoms with van der Waals surface area (Å²) in [5.41, 5.74) is 5.51. The van der Waals surface area contributed by atoms with Gasteiger partial charge in [0.05, 0.1) is 11.4 Å². The highest BCUT2D eigenvalue weighted by atomic mass is 79.9. The van der Waals surface area contributed by atoms with Crippen LogP contribution in [0.15, 0.2) is 64.5 Å². The van der Waals surface area contributed by atoms with Crippen molar-refractivity contribution in [1.29, 1.82) is 0 Å². The van der Waals surface area contributed by atoms with E-state index in [1.807, 2.05) is 28.8 Å². The molecule has 3 heterocycles. The standard InChI is InChI=1S/C19H17BrN4S/c1-13-17(9-14-5-3-2-4-6-14)23-19(21-13)25-12-16-11-24-10-15(20)7-8-18(24)22-16/h2-8,10-11H,9,12H2,1H3,(H,21,23). The Hall–Kier alpha value is -2.05. The summed E-state index contributed by atoms with van der Waals surface area (Å²) in [6.07, 6.45) is 4.94. The third-order valence-electron chi connectivity index (χ3n) is 4.00. The average molecular weight is 413 g/mol. The number of H-pyrrole nitrogens is 1. The molecular formula is C19H17BrN4S. The molecule has 1 N–H and O–H groups in total. The predicted octanol–water partition coefficient (Wildman–Crippen LogP) is 5.01. The van der Waals surface area contributed by atoms with Crippen molar-refractivity contribution in [3.63, 3.8) is 0 Å². The molecule has 25 heavy (non-hydrogen) atoms. The van der Waals surface area contributed by atoms with Crippen LogP contribution in [0.5, 0.6) is 0 Å². The third kappa shape index (κ3) is 3.80. The maximum absolute atomic E-state index is 4.75. The molecule has 0 aliphatic carbocycles. The number of hydrogen-bond donors (Lipinski definition) is 1. The maximum Gasteiger partial charge on any atom is 0.166 e. The van der Waals surface area contributed by atoms with Crippen molar-refractivity contribution >= 4 is 33.3 Å². The lowest BCUT2D eigenvalue weighted by Crippen LogP contribution is -1.90. The smallest absolute Gasteiger partial charge is 0.166 e. The first-order valence-electron chi connectivity index (χ1n) is 8.03. The highest BCUT2D eigenvalue weighted by Crippen LogP contribution is 2.23. The van der Waals surface area contributed by atoms with E-state index in [0.29, 0.717) is 0 Å². The number of aryl methyl sites for hydroxylation is 1. The first-order valence-corrected chi connectivity index (χ1v) is 9.80. The van der Waals surface area contributed by atoms with Crippen molar-refractivity contribution in [2.75, 3.05) is 0 Å². The van der Waals surface area contributed by atoms with E-state index in [2.05, 4.69) is 63.3 Å². The van der Waals surface area contributed by atoms with Crippen molar-refractivity contribution in [2.24, 2.45) is 0 Å². The topological polar surface area (TPSA) is 46.0 Å². The van der Waals surface area contributed by atoms with Gasteiger partial charge in [-0.2, -0.15) is 0 Å². The van der Waals surface area contributed by atoms with E-state index in [-0.39, 0.29) is 0 Å². The summed E-state index contributed by atoms with van der Waals surface area (Å²) < 4.78 is 3.08. The molecule has 4 aromatic rings. The molecule has 0 spiro atoms. The Morgan fingerprint density at radius 3 is 2.76 bits per heavy atom. The van der Waals surface area contributed by atoms with Gasteiger partial charge in [-0.05, 0) is 40.5 Å². The molecule has 3 aromatic heterocycles. The number of thioether (sulfide) groups is 1. The Morgan fingerprint density at radius 2 is 1.92 bits per heavy atom. The molecule has 126 valence electrons. The Morgan fingerprint density at radius 1 is 1.08 bits per heavy atom. The summed E-state index contributed by atoms with van der Waals surface area (Å²) in [5, 5.41) is 0.946. The minimum absolute atomic E-state index is 0.789. The zero-order chi connectivity index (χ0) is 17.2. The second-order valence-corrected chi connectivity index (χ2v) is 7.79. The molecule has 0 aliphatic heterocycles. The average Bonchev–Trinajstić information content (AvgIpc) is 3.17. The molecule has 0 saturated carbocycles. The minimum atomic E-state index is 0.789. The number of hydrogen-bond acceptors (Lipinski definition) is 3. The number of halogens is 1. The molecule has 4 nitrogen and oxygen atoms in total. The Labute approximate surface area is 158 Å². The Bertz CT molecular complexity index is 1010. The molecule has 0 saturated heterocycles. The van der Waals surface area contributed by atoms with E-state index in [1.54, 1.807) is 11.8 Å². The number of benzene rings is 1. The molecule has 6 heteroatoms. The van der Waals surface area contributed by atoms with Gasteiger partial charge >= 0.3 is 0 Å². The fraction of sp³-hybridized carbons (Fsp3) is 0.158. The number of imidazole rings is 2. The second-order valence-electron chi connectivity index (χ2n) is 5.91. The highest BCUT2D eigenvalue weighted by Gasteiger charge is 2.09. The fourth-order valence-electron chi connectivity index (χ4n) is 2.73. The van der Waals surface area contributed by atoms with Crippen LogP contribution in [-0.4, -0.2) is 19.4 Å². The van der Waals surface area contributed by atoms with E-state index >= 15 is 0 Å². The van der Waals surface area contributed by atoms with Gasteiger partial charge in [0.25, 0.3) is 0 Å². The first kappa shape index (κ1) is 16.4. The molecule has 0 unspecified atom stereocenters. The normalized spacial score (nSPS) is 11.3. The van der Waals surface area contributed by atoms with Crippen LogP contribution in [0.1, 0.15) is 22.6 Å². The summed E-state index contributed by atoms with van der Waals surface area (Å²) in [4.78, 5) is 12.8. The van der Waals surface area contributed by atoms with Gasteiger partial charge in [0.2, 0.25) is 0 Å². The van der Waals surface area contributed by atoms with Crippen LogP contribution in [0.25, 0.3) is 5.65 Å². The number of nitrogens with zero attached hydrogens (tertiary/aromatic N) is 3. The molecule has 4 rings (SSSR count). The van der Waals surface area contributed by atoms with Crippen LogP contribution in [0.3, 0.4) is 0 Å². The lowest BCUT2D eigenvalue weighted by Gasteiger charge is -1.98. The number of pyridine rings is 1.